The van der Waals surface area contributed by atoms with Crippen molar-refractivity contribution in [3.63, 3.8) is 0 Å². The van der Waals surface area contributed by atoms with Crippen LogP contribution >= 0.6 is 11.3 Å². The number of aliphatic hydroxyl groups excluding tert-OH is 1. The van der Waals surface area contributed by atoms with E-state index in [0.29, 0.717) is 24.9 Å². The molecule has 0 bridgehead atoms. The lowest BCUT2D eigenvalue weighted by Gasteiger charge is -2.11. The number of aliphatic hydroxyl groups is 1. The third-order valence-electron chi connectivity index (χ3n) is 2.91. The summed E-state index contributed by atoms with van der Waals surface area (Å²) < 4.78 is 12.8. The van der Waals surface area contributed by atoms with Crippen LogP contribution in [0.4, 0.5) is 4.39 Å². The highest BCUT2D eigenvalue weighted by atomic mass is 32.1. The van der Waals surface area contributed by atoms with Gasteiger partial charge in [-0.15, -0.1) is 11.3 Å². The van der Waals surface area contributed by atoms with Crippen LogP contribution in [0.5, 0.6) is 0 Å². The average molecular weight is 293 g/mol. The van der Waals surface area contributed by atoms with Gasteiger partial charge in [0.25, 0.3) is 0 Å². The molecule has 0 saturated heterocycles. The first kappa shape index (κ1) is 14.7. The molecule has 5 heteroatoms. The Balaban J connectivity index is 1.72. The topological polar surface area (TPSA) is 49.3 Å². The lowest BCUT2D eigenvalue weighted by atomic mass is 10.1. The van der Waals surface area contributed by atoms with Crippen molar-refractivity contribution in [1.29, 1.82) is 0 Å². The Morgan fingerprint density at radius 3 is 2.70 bits per heavy atom. The van der Waals surface area contributed by atoms with Crippen LogP contribution in [0.15, 0.2) is 41.8 Å². The fraction of sp³-hybridized carbons (Fsp3) is 0.267. The second-order valence-electron chi connectivity index (χ2n) is 4.46. The van der Waals surface area contributed by atoms with Crippen LogP contribution in [0.2, 0.25) is 0 Å². The standard InChI is InChI=1S/C15H16FNO2S/c16-12-5-3-11(4-6-12)14(18)7-8-17-15(19)10-13-2-1-9-20-13/h1-6,9,14,18H,7-8,10H2,(H,17,19). The fourth-order valence-electron chi connectivity index (χ4n) is 1.83. The molecule has 106 valence electrons. The molecule has 0 aliphatic heterocycles. The van der Waals surface area contributed by atoms with Gasteiger partial charge >= 0.3 is 0 Å². The molecule has 2 aromatic rings. The number of nitrogens with one attached hydrogen (secondary N) is 1. The third kappa shape index (κ3) is 4.43. The van der Waals surface area contributed by atoms with Gasteiger partial charge in [-0.25, -0.2) is 4.39 Å². The molecular formula is C15H16FNO2S. The molecule has 1 heterocycles. The van der Waals surface area contributed by atoms with Gasteiger partial charge in [-0.1, -0.05) is 18.2 Å². The summed E-state index contributed by atoms with van der Waals surface area (Å²) in [5.74, 6) is -0.385. The summed E-state index contributed by atoms with van der Waals surface area (Å²) in [6.45, 7) is 0.392. The molecule has 2 rings (SSSR count). The normalized spacial score (nSPS) is 12.1. The van der Waals surface area contributed by atoms with E-state index >= 15 is 0 Å². The van der Waals surface area contributed by atoms with Gasteiger partial charge in [-0.05, 0) is 35.6 Å². The molecule has 1 aromatic carbocycles. The maximum absolute atomic E-state index is 12.8. The second kappa shape index (κ2) is 7.17. The molecule has 1 amide bonds. The number of benzene rings is 1. The number of carbonyl (C=O) groups is 1. The Morgan fingerprint density at radius 1 is 1.30 bits per heavy atom. The van der Waals surface area contributed by atoms with E-state index in [0.717, 1.165) is 4.88 Å². The number of hydrogen-bond donors (Lipinski definition) is 2. The van der Waals surface area contributed by atoms with E-state index < -0.39 is 6.10 Å². The van der Waals surface area contributed by atoms with Crippen LogP contribution in [0.1, 0.15) is 23.0 Å². The number of carbonyl (C=O) groups excluding carboxylic acids is 1. The molecule has 0 aliphatic rings. The van der Waals surface area contributed by atoms with E-state index in [9.17, 15) is 14.3 Å². The molecule has 1 unspecified atom stereocenters. The Labute approximate surface area is 121 Å². The summed E-state index contributed by atoms with van der Waals surface area (Å²) in [4.78, 5) is 12.7. The summed E-state index contributed by atoms with van der Waals surface area (Å²) in [6.07, 6.45) is 0.0733. The molecule has 1 atom stereocenters. The van der Waals surface area contributed by atoms with Gasteiger partial charge in [0.15, 0.2) is 0 Å². The van der Waals surface area contributed by atoms with Crippen LogP contribution < -0.4 is 5.32 Å². The molecule has 20 heavy (non-hydrogen) atoms. The fourth-order valence-corrected chi connectivity index (χ4v) is 2.54. The Morgan fingerprint density at radius 2 is 2.05 bits per heavy atom. The predicted molar refractivity (Wildman–Crippen MR) is 77.0 cm³/mol. The van der Waals surface area contributed by atoms with Gasteiger partial charge in [0, 0.05) is 11.4 Å². The molecule has 2 N–H and O–H groups in total. The SMILES string of the molecule is O=C(Cc1cccs1)NCCC(O)c1ccc(F)cc1. The van der Waals surface area contributed by atoms with Crippen molar-refractivity contribution in [3.05, 3.63) is 58.0 Å². The van der Waals surface area contributed by atoms with Crippen LogP contribution in [0, 0.1) is 5.82 Å². The Bertz CT molecular complexity index is 540. The maximum atomic E-state index is 12.8. The monoisotopic (exact) mass is 293 g/mol. The van der Waals surface area contributed by atoms with E-state index in [1.807, 2.05) is 17.5 Å². The number of rotatable bonds is 6. The molecule has 0 radical (unpaired) electrons. The second-order valence-corrected chi connectivity index (χ2v) is 5.49. The first-order chi connectivity index (χ1) is 9.65. The summed E-state index contributed by atoms with van der Waals surface area (Å²) in [5.41, 5.74) is 0.652. The van der Waals surface area contributed by atoms with Gasteiger partial charge in [-0.3, -0.25) is 4.79 Å². The van der Waals surface area contributed by atoms with Crippen LogP contribution in [-0.4, -0.2) is 17.6 Å². The van der Waals surface area contributed by atoms with E-state index in [4.69, 9.17) is 0 Å². The molecule has 0 aliphatic carbocycles. The van der Waals surface area contributed by atoms with Crippen molar-refractivity contribution < 1.29 is 14.3 Å². The molecule has 0 fully saturated rings. The van der Waals surface area contributed by atoms with E-state index in [-0.39, 0.29) is 11.7 Å². The lowest BCUT2D eigenvalue weighted by Crippen LogP contribution is -2.26. The molecule has 1 aromatic heterocycles. The van der Waals surface area contributed by atoms with Gasteiger partial charge in [-0.2, -0.15) is 0 Å². The molecule has 3 nitrogen and oxygen atoms in total. The van der Waals surface area contributed by atoms with Crippen LogP contribution in [0.3, 0.4) is 0 Å². The van der Waals surface area contributed by atoms with Gasteiger partial charge in [0.05, 0.1) is 12.5 Å². The van der Waals surface area contributed by atoms with Crippen molar-refractivity contribution in [1.82, 2.24) is 5.32 Å². The van der Waals surface area contributed by atoms with Crippen molar-refractivity contribution in [2.75, 3.05) is 6.54 Å². The number of amides is 1. The summed E-state index contributed by atoms with van der Waals surface area (Å²) in [7, 11) is 0. The van der Waals surface area contributed by atoms with Crippen LogP contribution in [-0.2, 0) is 11.2 Å². The van der Waals surface area contributed by atoms with Gasteiger partial charge in [0.1, 0.15) is 5.82 Å². The minimum atomic E-state index is -0.697. The highest BCUT2D eigenvalue weighted by Crippen LogP contribution is 2.16. The largest absolute Gasteiger partial charge is 0.388 e. The Kier molecular flexibility index (Phi) is 5.26. The van der Waals surface area contributed by atoms with Gasteiger partial charge in [0.2, 0.25) is 5.91 Å². The predicted octanol–water partition coefficient (Wildman–Crippen LogP) is 2.67. The summed E-state index contributed by atoms with van der Waals surface area (Å²) >= 11 is 1.54. The number of hydrogen-bond acceptors (Lipinski definition) is 3. The average Bonchev–Trinajstić information content (AvgIpc) is 2.92. The van der Waals surface area contributed by atoms with Crippen molar-refractivity contribution >= 4 is 17.2 Å². The van der Waals surface area contributed by atoms with Crippen molar-refractivity contribution in [2.45, 2.75) is 18.9 Å². The number of thiophene rings is 1. The van der Waals surface area contributed by atoms with E-state index in [1.165, 1.54) is 12.1 Å². The van der Waals surface area contributed by atoms with E-state index in [1.54, 1.807) is 23.5 Å². The molecular weight excluding hydrogens is 277 g/mol. The zero-order valence-electron chi connectivity index (χ0n) is 10.9. The third-order valence-corrected chi connectivity index (χ3v) is 3.79. The van der Waals surface area contributed by atoms with Gasteiger partial charge < -0.3 is 10.4 Å². The quantitative estimate of drug-likeness (QED) is 0.860. The van der Waals surface area contributed by atoms with E-state index in [2.05, 4.69) is 5.32 Å². The zero-order chi connectivity index (χ0) is 14.4. The number of halogens is 1. The highest BCUT2D eigenvalue weighted by molar-refractivity contribution is 7.10. The first-order valence-electron chi connectivity index (χ1n) is 6.38. The Hall–Kier alpha value is -1.72. The first-order valence-corrected chi connectivity index (χ1v) is 7.26. The molecule has 0 spiro atoms. The van der Waals surface area contributed by atoms with Crippen molar-refractivity contribution in [2.24, 2.45) is 0 Å². The highest BCUT2D eigenvalue weighted by Gasteiger charge is 2.09. The lowest BCUT2D eigenvalue weighted by molar-refractivity contribution is -0.120. The summed E-state index contributed by atoms with van der Waals surface area (Å²) in [6, 6.07) is 9.55. The smallest absolute Gasteiger partial charge is 0.225 e. The molecule has 0 saturated carbocycles. The maximum Gasteiger partial charge on any atom is 0.225 e. The van der Waals surface area contributed by atoms with Crippen LogP contribution in [0.25, 0.3) is 0 Å². The zero-order valence-corrected chi connectivity index (χ0v) is 11.7. The van der Waals surface area contributed by atoms with Crippen molar-refractivity contribution in [3.8, 4) is 0 Å². The summed E-state index contributed by atoms with van der Waals surface area (Å²) in [5, 5.41) is 14.6. The minimum absolute atomic E-state index is 0.0567. The minimum Gasteiger partial charge on any atom is -0.388 e.